The first-order valence-electron chi connectivity index (χ1n) is 7.48. The lowest BCUT2D eigenvalue weighted by molar-refractivity contribution is 0.0873. The van der Waals surface area contributed by atoms with Gasteiger partial charge in [0.2, 0.25) is 0 Å². The van der Waals surface area contributed by atoms with Crippen molar-refractivity contribution in [2.45, 2.75) is 72.0 Å². The molecular formula is C15H30N2. The molecule has 2 nitrogen and oxygen atoms in total. The van der Waals surface area contributed by atoms with Gasteiger partial charge in [-0.3, -0.25) is 4.90 Å². The summed E-state index contributed by atoms with van der Waals surface area (Å²) in [5, 5.41) is 3.77. The van der Waals surface area contributed by atoms with Crippen molar-refractivity contribution >= 4 is 0 Å². The highest BCUT2D eigenvalue weighted by Crippen LogP contribution is 2.49. The molecule has 2 heteroatoms. The molecule has 2 aliphatic rings. The van der Waals surface area contributed by atoms with E-state index in [-0.39, 0.29) is 0 Å². The molecule has 4 unspecified atom stereocenters. The van der Waals surface area contributed by atoms with Crippen LogP contribution >= 0.6 is 0 Å². The predicted octanol–water partition coefficient (Wildman–Crippen LogP) is 2.88. The maximum Gasteiger partial charge on any atom is 0.0221 e. The van der Waals surface area contributed by atoms with E-state index in [4.69, 9.17) is 0 Å². The highest BCUT2D eigenvalue weighted by atomic mass is 15.3. The third-order valence-electron chi connectivity index (χ3n) is 5.16. The van der Waals surface area contributed by atoms with Crippen LogP contribution in [0.25, 0.3) is 0 Å². The van der Waals surface area contributed by atoms with Crippen molar-refractivity contribution in [1.29, 1.82) is 0 Å². The molecule has 1 saturated carbocycles. The van der Waals surface area contributed by atoms with E-state index < -0.39 is 0 Å². The lowest BCUT2D eigenvalue weighted by atomic mass is 9.94. The Bertz CT molecular complexity index is 260. The van der Waals surface area contributed by atoms with Crippen LogP contribution in [-0.2, 0) is 0 Å². The van der Waals surface area contributed by atoms with E-state index in [1.165, 1.54) is 32.4 Å². The van der Waals surface area contributed by atoms with Crippen LogP contribution < -0.4 is 5.32 Å². The van der Waals surface area contributed by atoms with E-state index in [1.807, 2.05) is 0 Å². The molecule has 1 aliphatic carbocycles. The number of hydrogen-bond donors (Lipinski definition) is 1. The molecule has 0 aromatic heterocycles. The quantitative estimate of drug-likeness (QED) is 0.810. The normalized spacial score (nSPS) is 39.0. The van der Waals surface area contributed by atoms with Crippen LogP contribution in [0.15, 0.2) is 0 Å². The molecule has 1 aliphatic heterocycles. The molecule has 17 heavy (non-hydrogen) atoms. The van der Waals surface area contributed by atoms with E-state index in [9.17, 15) is 0 Å². The maximum absolute atomic E-state index is 3.77. The van der Waals surface area contributed by atoms with Crippen molar-refractivity contribution in [3.63, 3.8) is 0 Å². The summed E-state index contributed by atoms with van der Waals surface area (Å²) in [4.78, 5) is 2.81. The Hall–Kier alpha value is -0.0800. The number of piperazine rings is 1. The van der Waals surface area contributed by atoms with Crippen LogP contribution in [0.2, 0.25) is 0 Å². The Morgan fingerprint density at radius 2 is 2.00 bits per heavy atom. The van der Waals surface area contributed by atoms with Crippen molar-refractivity contribution in [1.82, 2.24) is 10.2 Å². The first-order valence-corrected chi connectivity index (χ1v) is 7.48. The molecular weight excluding hydrogens is 208 g/mol. The molecule has 1 saturated heterocycles. The fourth-order valence-corrected chi connectivity index (χ4v) is 3.28. The number of rotatable bonds is 4. The van der Waals surface area contributed by atoms with Gasteiger partial charge in [0.1, 0.15) is 0 Å². The first-order chi connectivity index (χ1) is 7.99. The minimum Gasteiger partial charge on any atom is -0.311 e. The van der Waals surface area contributed by atoms with Gasteiger partial charge >= 0.3 is 0 Å². The highest BCUT2D eigenvalue weighted by Gasteiger charge is 2.51. The van der Waals surface area contributed by atoms with Gasteiger partial charge in [0, 0.05) is 31.2 Å². The monoisotopic (exact) mass is 238 g/mol. The fourth-order valence-electron chi connectivity index (χ4n) is 3.28. The van der Waals surface area contributed by atoms with E-state index in [0.717, 1.165) is 18.0 Å². The van der Waals surface area contributed by atoms with Gasteiger partial charge in [-0.2, -0.15) is 0 Å². The zero-order chi connectivity index (χ0) is 12.6. The van der Waals surface area contributed by atoms with Gasteiger partial charge in [0.25, 0.3) is 0 Å². The van der Waals surface area contributed by atoms with Crippen LogP contribution in [0, 0.1) is 11.3 Å². The summed E-state index contributed by atoms with van der Waals surface area (Å²) in [7, 11) is 0. The van der Waals surface area contributed by atoms with Crippen molar-refractivity contribution in [3.05, 3.63) is 0 Å². The molecule has 0 amide bonds. The molecule has 100 valence electrons. The lowest BCUT2D eigenvalue weighted by Crippen LogP contribution is -2.59. The summed E-state index contributed by atoms with van der Waals surface area (Å²) >= 11 is 0. The molecule has 2 rings (SSSR count). The summed E-state index contributed by atoms with van der Waals surface area (Å²) in [5.41, 5.74) is 0.574. The highest BCUT2D eigenvalue weighted by molar-refractivity contribution is 5.06. The summed E-state index contributed by atoms with van der Waals surface area (Å²) in [5.74, 6) is 0.803. The third-order valence-corrected chi connectivity index (χ3v) is 5.16. The first kappa shape index (κ1) is 13.4. The second-order valence-corrected chi connectivity index (χ2v) is 6.87. The summed E-state index contributed by atoms with van der Waals surface area (Å²) < 4.78 is 0. The van der Waals surface area contributed by atoms with Crippen molar-refractivity contribution in [2.75, 3.05) is 13.1 Å². The molecule has 0 radical (unpaired) electrons. The minimum atomic E-state index is 0.574. The van der Waals surface area contributed by atoms with Crippen molar-refractivity contribution < 1.29 is 0 Å². The molecule has 1 N–H and O–H groups in total. The second kappa shape index (κ2) is 4.89. The Balaban J connectivity index is 2.00. The van der Waals surface area contributed by atoms with Gasteiger partial charge in [0.05, 0.1) is 0 Å². The molecule has 0 spiro atoms. The zero-order valence-electron chi connectivity index (χ0n) is 12.3. The fraction of sp³-hybridized carbons (Fsp3) is 1.00. The Morgan fingerprint density at radius 3 is 2.47 bits per heavy atom. The van der Waals surface area contributed by atoms with Crippen molar-refractivity contribution in [3.8, 4) is 0 Å². The SMILES string of the molecule is CCC(C)C1CN(C2CC2(C)C)C(CC)CN1. The topological polar surface area (TPSA) is 15.3 Å². The largest absolute Gasteiger partial charge is 0.311 e. The lowest BCUT2D eigenvalue weighted by Gasteiger charge is -2.43. The van der Waals surface area contributed by atoms with E-state index in [2.05, 4.69) is 44.8 Å². The van der Waals surface area contributed by atoms with Crippen LogP contribution in [0.4, 0.5) is 0 Å². The molecule has 0 aromatic carbocycles. The van der Waals surface area contributed by atoms with Crippen LogP contribution in [0.5, 0.6) is 0 Å². The van der Waals surface area contributed by atoms with Crippen LogP contribution in [0.3, 0.4) is 0 Å². The molecule has 4 atom stereocenters. The zero-order valence-corrected chi connectivity index (χ0v) is 12.3. The van der Waals surface area contributed by atoms with Crippen molar-refractivity contribution in [2.24, 2.45) is 11.3 Å². The standard InChI is InChI=1S/C15H30N2/c1-6-11(3)13-10-17(12(7-2)9-16-13)14-8-15(14,4)5/h11-14,16H,6-10H2,1-5H3. The van der Waals surface area contributed by atoms with Crippen LogP contribution in [0.1, 0.15) is 53.9 Å². The number of hydrogen-bond acceptors (Lipinski definition) is 2. The molecule has 0 bridgehead atoms. The average Bonchev–Trinajstić information content (AvgIpc) is 2.96. The van der Waals surface area contributed by atoms with E-state index in [1.54, 1.807) is 0 Å². The van der Waals surface area contributed by atoms with E-state index in [0.29, 0.717) is 11.5 Å². The van der Waals surface area contributed by atoms with Gasteiger partial charge in [-0.1, -0.05) is 41.0 Å². The summed E-state index contributed by atoms with van der Waals surface area (Å²) in [6, 6.07) is 2.32. The smallest absolute Gasteiger partial charge is 0.0221 e. The average molecular weight is 238 g/mol. The summed E-state index contributed by atoms with van der Waals surface area (Å²) in [6.45, 7) is 14.3. The van der Waals surface area contributed by atoms with Gasteiger partial charge in [-0.15, -0.1) is 0 Å². The Labute approximate surface area is 107 Å². The Morgan fingerprint density at radius 1 is 1.35 bits per heavy atom. The molecule has 2 fully saturated rings. The summed E-state index contributed by atoms with van der Waals surface area (Å²) in [6.07, 6.45) is 3.97. The van der Waals surface area contributed by atoms with Gasteiger partial charge in [0.15, 0.2) is 0 Å². The van der Waals surface area contributed by atoms with Gasteiger partial charge < -0.3 is 5.32 Å². The minimum absolute atomic E-state index is 0.574. The van der Waals surface area contributed by atoms with Crippen LogP contribution in [-0.4, -0.2) is 36.1 Å². The third kappa shape index (κ3) is 2.68. The Kier molecular flexibility index (Phi) is 3.84. The van der Waals surface area contributed by atoms with Gasteiger partial charge in [-0.25, -0.2) is 0 Å². The molecule has 0 aromatic rings. The number of nitrogens with one attached hydrogen (secondary N) is 1. The number of nitrogens with zero attached hydrogens (tertiary/aromatic N) is 1. The second-order valence-electron chi connectivity index (χ2n) is 6.87. The predicted molar refractivity (Wildman–Crippen MR) is 74.2 cm³/mol. The molecule has 1 heterocycles. The van der Waals surface area contributed by atoms with Gasteiger partial charge in [-0.05, 0) is 24.2 Å². The maximum atomic E-state index is 3.77. The van der Waals surface area contributed by atoms with E-state index >= 15 is 0 Å².